The summed E-state index contributed by atoms with van der Waals surface area (Å²) in [6.07, 6.45) is 0. The molecule has 0 radical (unpaired) electrons. The largest absolute Gasteiger partial charge is 0.381 e. The topological polar surface area (TPSA) is 24.9 Å². The van der Waals surface area contributed by atoms with Gasteiger partial charge in [0.15, 0.2) is 0 Å². The van der Waals surface area contributed by atoms with Crippen molar-refractivity contribution >= 4 is 40.5 Å². The summed E-state index contributed by atoms with van der Waals surface area (Å²) < 4.78 is 1.23. The molecule has 0 aliphatic rings. The number of fused-ring (bicyclic) bond motifs is 1. The number of nitrogens with zero attached hydrogens (tertiary/aromatic N) is 1. The van der Waals surface area contributed by atoms with Gasteiger partial charge in [-0.25, -0.2) is 4.98 Å². The first kappa shape index (κ1) is 14.3. The molecule has 0 unspecified atom stereocenters. The third kappa shape index (κ3) is 3.33. The number of nitrogens with one attached hydrogen (secondary N) is 1. The SMILES string of the molecule is C[Si](C)(C)c1ccc(CNc2ccc3ncsc3c2)cc1. The highest BCUT2D eigenvalue weighted by Crippen LogP contribution is 2.22. The van der Waals surface area contributed by atoms with Gasteiger partial charge >= 0.3 is 0 Å². The van der Waals surface area contributed by atoms with Crippen molar-refractivity contribution in [2.24, 2.45) is 0 Å². The van der Waals surface area contributed by atoms with Gasteiger partial charge in [0, 0.05) is 12.2 Å². The zero-order chi connectivity index (χ0) is 14.9. The van der Waals surface area contributed by atoms with E-state index < -0.39 is 8.07 Å². The second-order valence-electron chi connectivity index (χ2n) is 6.34. The molecule has 0 saturated heterocycles. The third-order valence-electron chi connectivity index (χ3n) is 3.65. The van der Waals surface area contributed by atoms with E-state index in [9.17, 15) is 0 Å². The van der Waals surface area contributed by atoms with E-state index >= 15 is 0 Å². The van der Waals surface area contributed by atoms with Gasteiger partial charge in [0.05, 0.1) is 23.8 Å². The van der Waals surface area contributed by atoms with Crippen molar-refractivity contribution in [1.29, 1.82) is 0 Å². The third-order valence-corrected chi connectivity index (χ3v) is 6.50. The fourth-order valence-corrected chi connectivity index (χ4v) is 4.17. The van der Waals surface area contributed by atoms with Crippen LogP contribution in [0.1, 0.15) is 5.56 Å². The van der Waals surface area contributed by atoms with Crippen molar-refractivity contribution < 1.29 is 0 Å². The van der Waals surface area contributed by atoms with Gasteiger partial charge in [0.2, 0.25) is 0 Å². The molecule has 0 fully saturated rings. The van der Waals surface area contributed by atoms with Crippen LogP contribution in [0.3, 0.4) is 0 Å². The molecule has 3 rings (SSSR count). The summed E-state index contributed by atoms with van der Waals surface area (Å²) in [4.78, 5) is 4.31. The van der Waals surface area contributed by atoms with Gasteiger partial charge in [-0.05, 0) is 23.8 Å². The van der Waals surface area contributed by atoms with Gasteiger partial charge in [-0.1, -0.05) is 49.1 Å². The maximum Gasteiger partial charge on any atom is 0.0813 e. The Bertz CT molecular complexity index is 741. The zero-order valence-corrected chi connectivity index (χ0v) is 14.5. The number of hydrogen-bond acceptors (Lipinski definition) is 3. The first-order valence-electron chi connectivity index (χ1n) is 7.19. The Morgan fingerprint density at radius 2 is 1.81 bits per heavy atom. The Balaban J connectivity index is 1.69. The van der Waals surface area contributed by atoms with E-state index in [0.29, 0.717) is 0 Å². The van der Waals surface area contributed by atoms with Gasteiger partial charge < -0.3 is 5.32 Å². The molecular formula is C17H20N2SSi. The molecule has 0 aliphatic heterocycles. The van der Waals surface area contributed by atoms with E-state index in [1.54, 1.807) is 11.3 Å². The molecule has 1 aromatic heterocycles. The van der Waals surface area contributed by atoms with Crippen molar-refractivity contribution in [2.45, 2.75) is 26.2 Å². The van der Waals surface area contributed by atoms with Crippen molar-refractivity contribution in [2.75, 3.05) is 5.32 Å². The zero-order valence-electron chi connectivity index (χ0n) is 12.7. The minimum atomic E-state index is -1.19. The average Bonchev–Trinajstić information content (AvgIpc) is 2.92. The average molecular weight is 313 g/mol. The number of hydrogen-bond donors (Lipinski definition) is 1. The van der Waals surface area contributed by atoms with Crippen LogP contribution in [0.5, 0.6) is 0 Å². The fraction of sp³-hybridized carbons (Fsp3) is 0.235. The Hall–Kier alpha value is -1.65. The summed E-state index contributed by atoms with van der Waals surface area (Å²) >= 11 is 1.68. The highest BCUT2D eigenvalue weighted by molar-refractivity contribution is 7.16. The summed E-state index contributed by atoms with van der Waals surface area (Å²) in [7, 11) is -1.19. The first-order valence-corrected chi connectivity index (χ1v) is 11.6. The van der Waals surface area contributed by atoms with E-state index in [0.717, 1.165) is 17.7 Å². The Kier molecular flexibility index (Phi) is 3.82. The van der Waals surface area contributed by atoms with Crippen molar-refractivity contribution in [1.82, 2.24) is 4.98 Å². The number of thiazole rings is 1. The van der Waals surface area contributed by atoms with E-state index in [1.165, 1.54) is 15.5 Å². The maximum absolute atomic E-state index is 4.31. The molecule has 0 amide bonds. The number of rotatable bonds is 4. The maximum atomic E-state index is 4.31. The molecular weight excluding hydrogens is 292 g/mol. The van der Waals surface area contributed by atoms with Crippen LogP contribution < -0.4 is 10.5 Å². The highest BCUT2D eigenvalue weighted by Gasteiger charge is 2.15. The standard InChI is InChI=1S/C17H20N2SSi/c1-21(2,3)15-7-4-13(5-8-15)11-18-14-6-9-16-17(10-14)20-12-19-16/h4-10,12,18H,11H2,1-3H3. The van der Waals surface area contributed by atoms with E-state index in [1.807, 2.05) is 5.51 Å². The molecule has 1 N–H and O–H groups in total. The highest BCUT2D eigenvalue weighted by atomic mass is 32.1. The lowest BCUT2D eigenvalue weighted by Gasteiger charge is -2.17. The van der Waals surface area contributed by atoms with Crippen LogP contribution in [-0.4, -0.2) is 13.1 Å². The van der Waals surface area contributed by atoms with Crippen molar-refractivity contribution in [3.63, 3.8) is 0 Å². The van der Waals surface area contributed by atoms with Gasteiger partial charge in [0.25, 0.3) is 0 Å². The van der Waals surface area contributed by atoms with Crippen LogP contribution in [0.25, 0.3) is 10.2 Å². The molecule has 0 atom stereocenters. The second kappa shape index (κ2) is 5.62. The second-order valence-corrected chi connectivity index (χ2v) is 12.3. The molecule has 21 heavy (non-hydrogen) atoms. The molecule has 2 nitrogen and oxygen atoms in total. The van der Waals surface area contributed by atoms with E-state index in [4.69, 9.17) is 0 Å². The fourth-order valence-electron chi connectivity index (χ4n) is 2.29. The van der Waals surface area contributed by atoms with Crippen LogP contribution in [-0.2, 0) is 6.54 Å². The van der Waals surface area contributed by atoms with Crippen LogP contribution in [0.15, 0.2) is 48.0 Å². The Morgan fingerprint density at radius 3 is 2.52 bits per heavy atom. The molecule has 3 aromatic rings. The first-order chi connectivity index (χ1) is 10.0. The summed E-state index contributed by atoms with van der Waals surface area (Å²) in [6, 6.07) is 15.4. The monoisotopic (exact) mass is 312 g/mol. The number of benzene rings is 2. The Morgan fingerprint density at radius 1 is 1.05 bits per heavy atom. The molecule has 1 heterocycles. The molecule has 0 saturated carbocycles. The summed E-state index contributed by atoms with van der Waals surface area (Å²) in [5, 5.41) is 5.00. The summed E-state index contributed by atoms with van der Waals surface area (Å²) in [5.41, 5.74) is 5.44. The number of anilines is 1. The van der Waals surface area contributed by atoms with Crippen LogP contribution in [0.2, 0.25) is 19.6 Å². The summed E-state index contributed by atoms with van der Waals surface area (Å²) in [5.74, 6) is 0. The predicted octanol–water partition coefficient (Wildman–Crippen LogP) is 4.45. The lowest BCUT2D eigenvalue weighted by molar-refractivity contribution is 1.15. The van der Waals surface area contributed by atoms with E-state index in [2.05, 4.69) is 72.4 Å². The van der Waals surface area contributed by atoms with E-state index in [-0.39, 0.29) is 0 Å². The molecule has 0 aliphatic carbocycles. The van der Waals surface area contributed by atoms with Crippen LogP contribution in [0.4, 0.5) is 5.69 Å². The minimum Gasteiger partial charge on any atom is -0.381 e. The molecule has 0 bridgehead atoms. The van der Waals surface area contributed by atoms with Crippen LogP contribution in [0, 0.1) is 0 Å². The van der Waals surface area contributed by atoms with Gasteiger partial charge in [-0.2, -0.15) is 0 Å². The predicted molar refractivity (Wildman–Crippen MR) is 96.4 cm³/mol. The number of aromatic nitrogens is 1. The molecule has 0 spiro atoms. The van der Waals surface area contributed by atoms with Crippen LogP contribution >= 0.6 is 11.3 Å². The molecule has 2 aromatic carbocycles. The molecule has 4 heteroatoms. The summed E-state index contributed by atoms with van der Waals surface area (Å²) in [6.45, 7) is 8.00. The van der Waals surface area contributed by atoms with Gasteiger partial charge in [-0.3, -0.25) is 0 Å². The van der Waals surface area contributed by atoms with Gasteiger partial charge in [-0.15, -0.1) is 11.3 Å². The van der Waals surface area contributed by atoms with Crippen molar-refractivity contribution in [3.8, 4) is 0 Å². The minimum absolute atomic E-state index is 0.857. The quantitative estimate of drug-likeness (QED) is 0.720. The molecule has 108 valence electrons. The normalized spacial score (nSPS) is 11.8. The lowest BCUT2D eigenvalue weighted by Crippen LogP contribution is -2.37. The lowest BCUT2D eigenvalue weighted by atomic mass is 10.2. The Labute approximate surface area is 130 Å². The van der Waals surface area contributed by atoms with Gasteiger partial charge in [0.1, 0.15) is 0 Å². The van der Waals surface area contributed by atoms with Crippen molar-refractivity contribution in [3.05, 3.63) is 53.5 Å². The smallest absolute Gasteiger partial charge is 0.0813 e.